The minimum absolute atomic E-state index is 0. The van der Waals surface area contributed by atoms with Crippen molar-refractivity contribution in [3.8, 4) is 0 Å². The fourth-order valence-corrected chi connectivity index (χ4v) is 3.51. The normalized spacial score (nSPS) is 18.2. The number of piperidine rings is 1. The Morgan fingerprint density at radius 3 is 2.38 bits per heavy atom. The fraction of sp³-hybridized carbons (Fsp3) is 0.905. The smallest absolute Gasteiger partial charge is 0.410 e. The largest absolute Gasteiger partial charge is 0.444 e. The predicted octanol–water partition coefficient (Wildman–Crippen LogP) is 3.72. The highest BCUT2D eigenvalue weighted by molar-refractivity contribution is 14.0. The predicted molar refractivity (Wildman–Crippen MR) is 128 cm³/mol. The van der Waals surface area contributed by atoms with Crippen LogP contribution in [-0.2, 0) is 9.47 Å². The van der Waals surface area contributed by atoms with E-state index >= 15 is 0 Å². The summed E-state index contributed by atoms with van der Waals surface area (Å²) >= 11 is 0. The second-order valence-corrected chi connectivity index (χ2v) is 8.82. The van der Waals surface area contributed by atoms with E-state index in [9.17, 15) is 4.79 Å². The van der Waals surface area contributed by atoms with Gasteiger partial charge in [-0.15, -0.1) is 24.0 Å². The van der Waals surface area contributed by atoms with E-state index in [4.69, 9.17) is 9.47 Å². The Morgan fingerprint density at radius 1 is 1.21 bits per heavy atom. The number of carbonyl (C=O) groups is 1. The second-order valence-electron chi connectivity index (χ2n) is 8.82. The zero-order valence-corrected chi connectivity index (χ0v) is 21.2. The van der Waals surface area contributed by atoms with Gasteiger partial charge in [0, 0.05) is 52.5 Å². The number of ether oxygens (including phenoxy) is 2. The number of nitrogens with zero attached hydrogens (tertiary/aromatic N) is 3. The van der Waals surface area contributed by atoms with Crippen LogP contribution >= 0.6 is 24.0 Å². The maximum Gasteiger partial charge on any atom is 0.410 e. The van der Waals surface area contributed by atoms with Crippen molar-refractivity contribution in [1.29, 1.82) is 0 Å². The van der Waals surface area contributed by atoms with Gasteiger partial charge in [0.25, 0.3) is 0 Å². The van der Waals surface area contributed by atoms with E-state index in [2.05, 4.69) is 15.2 Å². The van der Waals surface area contributed by atoms with Crippen LogP contribution in [0.25, 0.3) is 0 Å². The number of halogens is 1. The van der Waals surface area contributed by atoms with Crippen LogP contribution in [0, 0.1) is 5.92 Å². The summed E-state index contributed by atoms with van der Waals surface area (Å²) in [6.45, 7) is 12.9. The average molecular weight is 524 g/mol. The first kappa shape index (κ1) is 26.3. The molecular formula is C21H41IN4O3. The molecule has 29 heavy (non-hydrogen) atoms. The molecule has 0 bridgehead atoms. The molecule has 1 aliphatic heterocycles. The van der Waals surface area contributed by atoms with E-state index in [-0.39, 0.29) is 36.1 Å². The van der Waals surface area contributed by atoms with Crippen molar-refractivity contribution in [1.82, 2.24) is 15.1 Å². The van der Waals surface area contributed by atoms with Crippen LogP contribution in [0.3, 0.4) is 0 Å². The highest BCUT2D eigenvalue weighted by Crippen LogP contribution is 2.32. The average Bonchev–Trinajstić information content (AvgIpc) is 3.46. The summed E-state index contributed by atoms with van der Waals surface area (Å²) in [5, 5.41) is 3.43. The summed E-state index contributed by atoms with van der Waals surface area (Å²) in [6, 6.07) is 0.253. The molecule has 2 fully saturated rings. The zero-order valence-electron chi connectivity index (χ0n) is 18.9. The lowest BCUT2D eigenvalue weighted by molar-refractivity contribution is 0.00928. The van der Waals surface area contributed by atoms with Crippen LogP contribution in [0.5, 0.6) is 0 Å². The summed E-state index contributed by atoms with van der Waals surface area (Å²) in [7, 11) is 1.83. The summed E-state index contributed by atoms with van der Waals surface area (Å²) in [4.78, 5) is 21.5. The van der Waals surface area contributed by atoms with Crippen molar-refractivity contribution in [2.24, 2.45) is 10.9 Å². The van der Waals surface area contributed by atoms with Crippen molar-refractivity contribution in [3.05, 3.63) is 0 Å². The van der Waals surface area contributed by atoms with Crippen LogP contribution in [0.2, 0.25) is 0 Å². The van der Waals surface area contributed by atoms with Gasteiger partial charge in [-0.3, -0.25) is 4.99 Å². The van der Waals surface area contributed by atoms with Crippen LogP contribution in [0.15, 0.2) is 4.99 Å². The Labute approximate surface area is 194 Å². The van der Waals surface area contributed by atoms with Gasteiger partial charge in [-0.2, -0.15) is 0 Å². The quantitative estimate of drug-likeness (QED) is 0.227. The van der Waals surface area contributed by atoms with Gasteiger partial charge in [0.1, 0.15) is 5.60 Å². The minimum atomic E-state index is -0.451. The molecule has 0 aromatic rings. The third-order valence-electron chi connectivity index (χ3n) is 5.15. The molecule has 0 aromatic heterocycles. The number of amides is 1. The molecule has 0 radical (unpaired) electrons. The van der Waals surface area contributed by atoms with E-state index in [1.807, 2.05) is 39.6 Å². The maximum absolute atomic E-state index is 12.8. The number of hydrogen-bond acceptors (Lipinski definition) is 4. The Balaban J connectivity index is 0.00000420. The Kier molecular flexibility index (Phi) is 11.6. The van der Waals surface area contributed by atoms with Crippen LogP contribution in [0.1, 0.15) is 59.8 Å². The number of aliphatic imine (C=N–C) groups is 1. The van der Waals surface area contributed by atoms with Gasteiger partial charge in [0.15, 0.2) is 5.96 Å². The van der Waals surface area contributed by atoms with Crippen LogP contribution < -0.4 is 5.32 Å². The molecule has 1 saturated heterocycles. The fourth-order valence-electron chi connectivity index (χ4n) is 3.51. The first-order valence-electron chi connectivity index (χ1n) is 10.9. The van der Waals surface area contributed by atoms with Gasteiger partial charge in [-0.05, 0) is 65.7 Å². The molecule has 8 heteroatoms. The Bertz CT molecular complexity index is 513. The van der Waals surface area contributed by atoms with E-state index in [0.29, 0.717) is 5.92 Å². The number of carbonyl (C=O) groups excluding carboxylic acids is 1. The number of rotatable bonds is 8. The first-order chi connectivity index (χ1) is 13.3. The molecule has 2 rings (SSSR count). The first-order valence-corrected chi connectivity index (χ1v) is 10.9. The number of hydrogen-bond donors (Lipinski definition) is 1. The van der Waals surface area contributed by atoms with Gasteiger partial charge in [0.2, 0.25) is 0 Å². The molecule has 1 aliphatic carbocycles. The van der Waals surface area contributed by atoms with Gasteiger partial charge < -0.3 is 24.6 Å². The molecule has 7 nitrogen and oxygen atoms in total. The standard InChI is InChI=1S/C21H40N4O3.HI/c1-6-27-15-7-12-23-19(22-5)24-13-10-18(11-14-24)25(16-17-8-9-17)20(26)28-21(2,3)4;/h17-18H,6-16H2,1-5H3,(H,22,23);1H. The molecule has 1 N–H and O–H groups in total. The highest BCUT2D eigenvalue weighted by atomic mass is 127. The molecule has 1 heterocycles. The molecule has 2 aliphatic rings. The lowest BCUT2D eigenvalue weighted by Gasteiger charge is -2.40. The van der Waals surface area contributed by atoms with E-state index < -0.39 is 5.60 Å². The molecule has 0 spiro atoms. The lowest BCUT2D eigenvalue weighted by Crippen LogP contribution is -2.52. The minimum Gasteiger partial charge on any atom is -0.444 e. The van der Waals surface area contributed by atoms with E-state index in [1.54, 1.807) is 0 Å². The molecule has 0 aromatic carbocycles. The van der Waals surface area contributed by atoms with Gasteiger partial charge >= 0.3 is 6.09 Å². The van der Waals surface area contributed by atoms with E-state index in [1.165, 1.54) is 12.8 Å². The maximum atomic E-state index is 12.8. The van der Waals surface area contributed by atoms with Crippen molar-refractivity contribution >= 4 is 36.0 Å². The summed E-state index contributed by atoms with van der Waals surface area (Å²) in [6.07, 6.45) is 5.18. The van der Waals surface area contributed by atoms with Crippen molar-refractivity contribution in [3.63, 3.8) is 0 Å². The summed E-state index contributed by atoms with van der Waals surface area (Å²) in [5.74, 6) is 1.60. The Hall–Kier alpha value is -0.770. The number of likely N-dealkylation sites (tertiary alicyclic amines) is 1. The molecule has 1 amide bonds. The molecule has 170 valence electrons. The summed E-state index contributed by atoms with van der Waals surface area (Å²) in [5.41, 5.74) is -0.451. The van der Waals surface area contributed by atoms with Crippen molar-refractivity contribution < 1.29 is 14.3 Å². The van der Waals surface area contributed by atoms with Gasteiger partial charge in [-0.25, -0.2) is 4.79 Å². The second kappa shape index (κ2) is 12.8. The third-order valence-corrected chi connectivity index (χ3v) is 5.15. The van der Waals surface area contributed by atoms with Crippen molar-refractivity contribution in [2.75, 3.05) is 46.4 Å². The van der Waals surface area contributed by atoms with Crippen molar-refractivity contribution in [2.45, 2.75) is 71.4 Å². The van der Waals surface area contributed by atoms with E-state index in [0.717, 1.165) is 64.6 Å². The molecular weight excluding hydrogens is 483 g/mol. The lowest BCUT2D eigenvalue weighted by atomic mass is 10.0. The number of guanidine groups is 1. The number of nitrogens with one attached hydrogen (secondary N) is 1. The topological polar surface area (TPSA) is 66.4 Å². The van der Waals surface area contributed by atoms with Gasteiger partial charge in [-0.1, -0.05) is 0 Å². The highest BCUT2D eigenvalue weighted by Gasteiger charge is 2.35. The van der Waals surface area contributed by atoms with Crippen LogP contribution in [-0.4, -0.2) is 79.9 Å². The SMILES string of the molecule is CCOCCCNC(=NC)N1CCC(N(CC2CC2)C(=O)OC(C)(C)C)CC1.I. The monoisotopic (exact) mass is 524 g/mol. The Morgan fingerprint density at radius 2 is 1.86 bits per heavy atom. The zero-order chi connectivity index (χ0) is 20.6. The third kappa shape index (κ3) is 9.72. The molecule has 0 unspecified atom stereocenters. The molecule has 1 saturated carbocycles. The molecule has 0 atom stereocenters. The summed E-state index contributed by atoms with van der Waals surface area (Å²) < 4.78 is 11.1. The van der Waals surface area contributed by atoms with Gasteiger partial charge in [0.05, 0.1) is 0 Å². The van der Waals surface area contributed by atoms with Crippen LogP contribution in [0.4, 0.5) is 4.79 Å².